The van der Waals surface area contributed by atoms with Crippen molar-refractivity contribution in [2.75, 3.05) is 31.1 Å². The highest BCUT2D eigenvalue weighted by Crippen LogP contribution is 2.19. The number of aromatic nitrogens is 1. The Labute approximate surface area is 154 Å². The lowest BCUT2D eigenvalue weighted by Gasteiger charge is -2.29. The molecule has 2 heterocycles. The minimum Gasteiger partial charge on any atom is -0.346 e. The predicted molar refractivity (Wildman–Crippen MR) is 102 cm³/mol. The number of thiazole rings is 1. The Kier molecular flexibility index (Phi) is 7.23. The van der Waals surface area contributed by atoms with Crippen molar-refractivity contribution in [3.63, 3.8) is 0 Å². The third-order valence-corrected chi connectivity index (χ3v) is 5.17. The molecule has 2 amide bonds. The van der Waals surface area contributed by atoms with Crippen LogP contribution in [-0.2, 0) is 9.59 Å². The third-order valence-electron chi connectivity index (χ3n) is 4.34. The van der Waals surface area contributed by atoms with Gasteiger partial charge in [-0.1, -0.05) is 27.7 Å². The molecule has 1 N–H and O–H groups in total. The van der Waals surface area contributed by atoms with Crippen LogP contribution in [-0.4, -0.2) is 53.9 Å². The Balaban J connectivity index is 1.97. The van der Waals surface area contributed by atoms with E-state index in [1.807, 2.05) is 44.2 Å². The second kappa shape index (κ2) is 9.17. The van der Waals surface area contributed by atoms with Gasteiger partial charge in [0.15, 0.2) is 5.13 Å². The molecular formula is C18H30N4O2S. The fraction of sp³-hybridized carbons (Fsp3) is 0.722. The molecule has 1 aromatic rings. The van der Waals surface area contributed by atoms with Gasteiger partial charge in [-0.2, -0.15) is 0 Å². The molecular weight excluding hydrogens is 336 g/mol. The van der Waals surface area contributed by atoms with Crippen molar-refractivity contribution in [3.8, 4) is 0 Å². The minimum absolute atomic E-state index is 0.0353. The Morgan fingerprint density at radius 3 is 2.56 bits per heavy atom. The predicted octanol–water partition coefficient (Wildman–Crippen LogP) is 2.37. The number of carbonyl (C=O) groups is 2. The molecule has 1 atom stereocenters. The van der Waals surface area contributed by atoms with Gasteiger partial charge in [-0.15, -0.1) is 11.3 Å². The van der Waals surface area contributed by atoms with E-state index in [-0.39, 0.29) is 23.7 Å². The van der Waals surface area contributed by atoms with Crippen molar-refractivity contribution in [2.45, 2.75) is 46.6 Å². The first-order valence-corrected chi connectivity index (χ1v) is 9.99. The zero-order valence-electron chi connectivity index (χ0n) is 15.7. The molecule has 0 bridgehead atoms. The molecule has 1 aliphatic rings. The van der Waals surface area contributed by atoms with Gasteiger partial charge in [0.2, 0.25) is 11.8 Å². The first-order valence-electron chi connectivity index (χ1n) is 9.11. The third kappa shape index (κ3) is 5.70. The van der Waals surface area contributed by atoms with Crippen LogP contribution in [0.4, 0.5) is 5.13 Å². The highest BCUT2D eigenvalue weighted by atomic mass is 32.1. The highest BCUT2D eigenvalue weighted by molar-refractivity contribution is 7.13. The van der Waals surface area contributed by atoms with Gasteiger partial charge < -0.3 is 15.1 Å². The monoisotopic (exact) mass is 366 g/mol. The summed E-state index contributed by atoms with van der Waals surface area (Å²) in [5, 5.41) is 5.94. The van der Waals surface area contributed by atoms with Crippen LogP contribution < -0.4 is 10.2 Å². The van der Waals surface area contributed by atoms with Crippen LogP contribution in [0.5, 0.6) is 0 Å². The summed E-state index contributed by atoms with van der Waals surface area (Å²) < 4.78 is 0. The van der Waals surface area contributed by atoms with Crippen molar-refractivity contribution in [1.82, 2.24) is 15.2 Å². The molecule has 1 aromatic heterocycles. The van der Waals surface area contributed by atoms with Gasteiger partial charge in [-0.3, -0.25) is 9.59 Å². The first kappa shape index (κ1) is 19.7. The van der Waals surface area contributed by atoms with Crippen molar-refractivity contribution >= 4 is 28.3 Å². The molecule has 0 aliphatic carbocycles. The average molecular weight is 367 g/mol. The van der Waals surface area contributed by atoms with E-state index in [1.165, 1.54) is 0 Å². The molecule has 0 radical (unpaired) electrons. The van der Waals surface area contributed by atoms with E-state index < -0.39 is 6.04 Å². The van der Waals surface area contributed by atoms with Crippen LogP contribution in [0.25, 0.3) is 0 Å². The van der Waals surface area contributed by atoms with E-state index in [2.05, 4.69) is 15.2 Å². The topological polar surface area (TPSA) is 65.5 Å². The van der Waals surface area contributed by atoms with Crippen molar-refractivity contribution in [1.29, 1.82) is 0 Å². The molecule has 140 valence electrons. The quantitative estimate of drug-likeness (QED) is 0.839. The van der Waals surface area contributed by atoms with E-state index in [1.54, 1.807) is 11.3 Å². The fourth-order valence-electron chi connectivity index (χ4n) is 3.01. The van der Waals surface area contributed by atoms with Crippen LogP contribution in [0.1, 0.15) is 40.5 Å². The van der Waals surface area contributed by atoms with Crippen LogP contribution >= 0.6 is 11.3 Å². The average Bonchev–Trinajstić information content (AvgIpc) is 2.95. The van der Waals surface area contributed by atoms with Gasteiger partial charge in [0.05, 0.1) is 0 Å². The Hall–Kier alpha value is -1.63. The number of hydrogen-bond donors (Lipinski definition) is 1. The molecule has 1 fully saturated rings. The molecule has 7 heteroatoms. The van der Waals surface area contributed by atoms with Gasteiger partial charge in [0.25, 0.3) is 0 Å². The van der Waals surface area contributed by atoms with Gasteiger partial charge in [0, 0.05) is 44.2 Å². The number of rotatable bonds is 6. The van der Waals surface area contributed by atoms with E-state index in [0.29, 0.717) is 13.0 Å². The Morgan fingerprint density at radius 2 is 1.96 bits per heavy atom. The number of hydrogen-bond acceptors (Lipinski definition) is 5. The standard InChI is InChI=1S/C18H30N4O2S/c1-13(2)12-15(23)20-16(14(3)4)17(24)21-7-5-8-22(10-9-21)18-19-6-11-25-18/h6,11,13-14,16H,5,7-10,12H2,1-4H3,(H,20,23)/t16-/m1/s1. The smallest absolute Gasteiger partial charge is 0.245 e. The summed E-state index contributed by atoms with van der Waals surface area (Å²) in [6.07, 6.45) is 3.18. The number of amides is 2. The number of carbonyl (C=O) groups excluding carboxylic acids is 2. The molecule has 2 rings (SSSR count). The summed E-state index contributed by atoms with van der Waals surface area (Å²) in [6.45, 7) is 11.1. The molecule has 1 aliphatic heterocycles. The molecule has 1 saturated heterocycles. The van der Waals surface area contributed by atoms with E-state index in [9.17, 15) is 9.59 Å². The lowest BCUT2D eigenvalue weighted by Crippen LogP contribution is -2.52. The van der Waals surface area contributed by atoms with Crippen molar-refractivity contribution in [2.24, 2.45) is 11.8 Å². The minimum atomic E-state index is -0.447. The molecule has 25 heavy (non-hydrogen) atoms. The molecule has 0 spiro atoms. The second-order valence-electron chi connectivity index (χ2n) is 7.37. The summed E-state index contributed by atoms with van der Waals surface area (Å²) in [7, 11) is 0. The van der Waals surface area contributed by atoms with Crippen LogP contribution in [0, 0.1) is 11.8 Å². The van der Waals surface area contributed by atoms with Crippen molar-refractivity contribution < 1.29 is 9.59 Å². The number of nitrogens with one attached hydrogen (secondary N) is 1. The van der Waals surface area contributed by atoms with Crippen LogP contribution in [0.2, 0.25) is 0 Å². The Morgan fingerprint density at radius 1 is 1.20 bits per heavy atom. The molecule has 0 aromatic carbocycles. The summed E-state index contributed by atoms with van der Waals surface area (Å²) in [5.41, 5.74) is 0. The number of nitrogens with zero attached hydrogens (tertiary/aromatic N) is 3. The fourth-order valence-corrected chi connectivity index (χ4v) is 3.71. The number of anilines is 1. The van der Waals surface area contributed by atoms with Gasteiger partial charge in [-0.05, 0) is 18.3 Å². The largest absolute Gasteiger partial charge is 0.346 e. The molecule has 6 nitrogen and oxygen atoms in total. The van der Waals surface area contributed by atoms with Crippen LogP contribution in [0.15, 0.2) is 11.6 Å². The van der Waals surface area contributed by atoms with Crippen LogP contribution in [0.3, 0.4) is 0 Å². The van der Waals surface area contributed by atoms with Gasteiger partial charge >= 0.3 is 0 Å². The summed E-state index contributed by atoms with van der Waals surface area (Å²) in [4.78, 5) is 33.6. The summed E-state index contributed by atoms with van der Waals surface area (Å²) in [5.74, 6) is 0.351. The van der Waals surface area contributed by atoms with Gasteiger partial charge in [-0.25, -0.2) is 4.98 Å². The molecule has 0 saturated carbocycles. The maximum Gasteiger partial charge on any atom is 0.245 e. The first-order chi connectivity index (χ1) is 11.9. The SMILES string of the molecule is CC(C)CC(=O)N[C@@H](C(=O)N1CCCN(c2nccs2)CC1)C(C)C. The van der Waals surface area contributed by atoms with Gasteiger partial charge in [0.1, 0.15) is 6.04 Å². The second-order valence-corrected chi connectivity index (χ2v) is 8.24. The van der Waals surface area contributed by atoms with E-state index in [4.69, 9.17) is 0 Å². The zero-order chi connectivity index (χ0) is 18.4. The Bertz CT molecular complexity index is 559. The van der Waals surface area contributed by atoms with E-state index in [0.717, 1.165) is 31.2 Å². The maximum atomic E-state index is 13.0. The lowest BCUT2D eigenvalue weighted by atomic mass is 10.0. The summed E-state index contributed by atoms with van der Waals surface area (Å²) >= 11 is 1.63. The normalized spacial score (nSPS) is 16.9. The highest BCUT2D eigenvalue weighted by Gasteiger charge is 2.30. The molecule has 0 unspecified atom stereocenters. The maximum absolute atomic E-state index is 13.0. The summed E-state index contributed by atoms with van der Waals surface area (Å²) in [6, 6.07) is -0.447. The lowest BCUT2D eigenvalue weighted by molar-refractivity contribution is -0.137. The van der Waals surface area contributed by atoms with E-state index >= 15 is 0 Å². The zero-order valence-corrected chi connectivity index (χ0v) is 16.5. The van der Waals surface area contributed by atoms with Crippen molar-refractivity contribution in [3.05, 3.63) is 11.6 Å².